The molecule has 1 aromatic heterocycles. The van der Waals surface area contributed by atoms with Gasteiger partial charge in [-0.1, -0.05) is 11.6 Å². The number of nitrogens with zero attached hydrogens (tertiary/aromatic N) is 3. The lowest BCUT2D eigenvalue weighted by molar-refractivity contribution is -0.117. The summed E-state index contributed by atoms with van der Waals surface area (Å²) >= 11 is 0. The largest absolute Gasteiger partial charge is 0.375 e. The molecule has 1 amide bonds. The smallest absolute Gasteiger partial charge is 0.223 e. The fourth-order valence-corrected chi connectivity index (χ4v) is 2.58. The van der Waals surface area contributed by atoms with Crippen LogP contribution >= 0.6 is 0 Å². The first kappa shape index (κ1) is 14.0. The minimum atomic E-state index is -0.395. The highest BCUT2D eigenvalue weighted by molar-refractivity contribution is 5.76. The highest BCUT2D eigenvalue weighted by Crippen LogP contribution is 2.37. The van der Waals surface area contributed by atoms with Gasteiger partial charge in [-0.15, -0.1) is 5.10 Å². The van der Waals surface area contributed by atoms with E-state index in [1.165, 1.54) is 19.3 Å². The summed E-state index contributed by atoms with van der Waals surface area (Å²) in [7, 11) is 1.64. The molecule has 2 rings (SSSR count). The van der Waals surface area contributed by atoms with E-state index in [4.69, 9.17) is 10.5 Å². The van der Waals surface area contributed by atoms with Gasteiger partial charge in [0.1, 0.15) is 0 Å². The molecule has 0 bridgehead atoms. The fourth-order valence-electron chi connectivity index (χ4n) is 2.58. The highest BCUT2D eigenvalue weighted by Gasteiger charge is 2.30. The van der Waals surface area contributed by atoms with Crippen molar-refractivity contribution in [3.05, 3.63) is 11.4 Å². The number of hydrogen-bond acceptors (Lipinski definition) is 4. The molecule has 1 fully saturated rings. The molecule has 1 aliphatic carbocycles. The van der Waals surface area contributed by atoms with E-state index in [1.54, 1.807) is 7.11 Å². The monoisotopic (exact) mass is 266 g/mol. The Hall–Kier alpha value is -1.43. The Morgan fingerprint density at radius 2 is 2.21 bits per heavy atom. The zero-order valence-electron chi connectivity index (χ0n) is 11.8. The maximum absolute atomic E-state index is 11.1. The Labute approximate surface area is 113 Å². The van der Waals surface area contributed by atoms with Gasteiger partial charge in [0.2, 0.25) is 5.91 Å². The molecule has 1 aliphatic rings. The molecule has 0 aromatic carbocycles. The number of carbonyl (C=O) groups is 1. The third kappa shape index (κ3) is 2.78. The summed E-state index contributed by atoms with van der Waals surface area (Å²) in [6.07, 6.45) is 3.71. The average Bonchev–Trinajstić information content (AvgIpc) is 2.68. The van der Waals surface area contributed by atoms with Gasteiger partial charge in [0.15, 0.2) is 0 Å². The van der Waals surface area contributed by atoms with Gasteiger partial charge < -0.3 is 10.5 Å². The van der Waals surface area contributed by atoms with Crippen molar-refractivity contribution in [2.24, 2.45) is 11.7 Å². The summed E-state index contributed by atoms with van der Waals surface area (Å²) in [6.45, 7) is 4.09. The third-order valence-electron chi connectivity index (χ3n) is 4.10. The summed E-state index contributed by atoms with van der Waals surface area (Å²) in [4.78, 5) is 11.1. The number of hydrogen-bond donors (Lipinski definition) is 1. The van der Waals surface area contributed by atoms with Crippen LogP contribution in [0.5, 0.6) is 0 Å². The standard InChI is InChI=1S/C13H22N4O2/c1-8(10-5-4-6-10)17-13(9(2)19-3)11(15-16-17)7-12(14)18/h8-10H,4-7H2,1-3H3,(H2,14,18). The lowest BCUT2D eigenvalue weighted by Crippen LogP contribution is -2.26. The molecule has 6 nitrogen and oxygen atoms in total. The van der Waals surface area contributed by atoms with Gasteiger partial charge >= 0.3 is 0 Å². The van der Waals surface area contributed by atoms with Crippen molar-refractivity contribution in [1.82, 2.24) is 15.0 Å². The van der Waals surface area contributed by atoms with Crippen LogP contribution in [-0.2, 0) is 16.0 Å². The Bertz CT molecular complexity index is 453. The van der Waals surface area contributed by atoms with Gasteiger partial charge in [-0.2, -0.15) is 0 Å². The van der Waals surface area contributed by atoms with Crippen LogP contribution in [0.3, 0.4) is 0 Å². The van der Waals surface area contributed by atoms with Crippen molar-refractivity contribution in [3.63, 3.8) is 0 Å². The summed E-state index contributed by atoms with van der Waals surface area (Å²) in [6, 6.07) is 0.287. The quantitative estimate of drug-likeness (QED) is 0.843. The maximum Gasteiger partial charge on any atom is 0.223 e. The lowest BCUT2D eigenvalue weighted by atomic mass is 9.80. The minimum Gasteiger partial charge on any atom is -0.375 e. The molecule has 2 atom stereocenters. The zero-order valence-corrected chi connectivity index (χ0v) is 11.8. The first-order valence-electron chi connectivity index (χ1n) is 6.79. The normalized spacial score (nSPS) is 18.9. The molecule has 1 saturated carbocycles. The Morgan fingerprint density at radius 1 is 1.53 bits per heavy atom. The second kappa shape index (κ2) is 5.69. The minimum absolute atomic E-state index is 0.112. The van der Waals surface area contributed by atoms with Gasteiger partial charge in [-0.25, -0.2) is 4.68 Å². The van der Waals surface area contributed by atoms with Crippen molar-refractivity contribution >= 4 is 5.91 Å². The number of rotatable bonds is 6. The second-order valence-electron chi connectivity index (χ2n) is 5.32. The molecular weight excluding hydrogens is 244 g/mol. The van der Waals surface area contributed by atoms with Crippen LogP contribution in [0.15, 0.2) is 0 Å². The van der Waals surface area contributed by atoms with Gasteiger partial charge in [-0.05, 0) is 32.6 Å². The molecule has 0 spiro atoms. The molecule has 2 N–H and O–H groups in total. The number of methoxy groups -OCH3 is 1. The number of carbonyl (C=O) groups excluding carboxylic acids is 1. The van der Waals surface area contributed by atoms with Gasteiger partial charge in [0.05, 0.1) is 30.0 Å². The van der Waals surface area contributed by atoms with E-state index in [2.05, 4.69) is 17.2 Å². The fraction of sp³-hybridized carbons (Fsp3) is 0.769. The van der Waals surface area contributed by atoms with Crippen LogP contribution in [-0.4, -0.2) is 28.0 Å². The van der Waals surface area contributed by atoms with E-state index < -0.39 is 5.91 Å². The molecular formula is C13H22N4O2. The SMILES string of the molecule is COC(C)c1c(CC(N)=O)nnn1C(C)C1CCC1. The molecule has 0 radical (unpaired) electrons. The van der Waals surface area contributed by atoms with E-state index >= 15 is 0 Å². The van der Waals surface area contributed by atoms with Crippen LogP contribution in [0, 0.1) is 5.92 Å². The maximum atomic E-state index is 11.1. The van der Waals surface area contributed by atoms with E-state index in [1.807, 2.05) is 11.6 Å². The van der Waals surface area contributed by atoms with Crippen LogP contribution < -0.4 is 5.73 Å². The summed E-state index contributed by atoms with van der Waals surface area (Å²) in [5.74, 6) is 0.249. The molecule has 0 saturated heterocycles. The van der Waals surface area contributed by atoms with E-state index in [-0.39, 0.29) is 18.6 Å². The van der Waals surface area contributed by atoms with Crippen LogP contribution in [0.2, 0.25) is 0 Å². The Morgan fingerprint density at radius 3 is 2.68 bits per heavy atom. The first-order valence-corrected chi connectivity index (χ1v) is 6.79. The molecule has 1 aromatic rings. The predicted octanol–water partition coefficient (Wildman–Crippen LogP) is 1.37. The van der Waals surface area contributed by atoms with Crippen LogP contribution in [0.4, 0.5) is 0 Å². The highest BCUT2D eigenvalue weighted by atomic mass is 16.5. The summed E-state index contributed by atoms with van der Waals surface area (Å²) < 4.78 is 7.30. The number of primary amides is 1. The van der Waals surface area contributed by atoms with Gasteiger partial charge in [0, 0.05) is 7.11 Å². The number of ether oxygens (including phenoxy) is 1. The zero-order chi connectivity index (χ0) is 14.0. The van der Waals surface area contributed by atoms with Crippen molar-refractivity contribution in [3.8, 4) is 0 Å². The van der Waals surface area contributed by atoms with Crippen LogP contribution in [0.25, 0.3) is 0 Å². The predicted molar refractivity (Wildman–Crippen MR) is 70.4 cm³/mol. The molecule has 6 heteroatoms. The van der Waals surface area contributed by atoms with E-state index in [0.29, 0.717) is 11.6 Å². The molecule has 106 valence electrons. The average molecular weight is 266 g/mol. The summed E-state index contributed by atoms with van der Waals surface area (Å²) in [5, 5.41) is 8.34. The molecule has 19 heavy (non-hydrogen) atoms. The topological polar surface area (TPSA) is 83.0 Å². The van der Waals surface area contributed by atoms with Gasteiger partial charge in [0.25, 0.3) is 0 Å². The van der Waals surface area contributed by atoms with Crippen LogP contribution in [0.1, 0.15) is 56.6 Å². The molecule has 2 unspecified atom stereocenters. The van der Waals surface area contributed by atoms with Crippen molar-refractivity contribution in [2.75, 3.05) is 7.11 Å². The Balaban J connectivity index is 2.31. The number of aromatic nitrogens is 3. The van der Waals surface area contributed by atoms with Gasteiger partial charge in [-0.3, -0.25) is 4.79 Å². The third-order valence-corrected chi connectivity index (χ3v) is 4.10. The van der Waals surface area contributed by atoms with E-state index in [0.717, 1.165) is 5.69 Å². The summed E-state index contributed by atoms with van der Waals surface area (Å²) in [5.41, 5.74) is 6.77. The van der Waals surface area contributed by atoms with Crippen molar-refractivity contribution < 1.29 is 9.53 Å². The van der Waals surface area contributed by atoms with E-state index in [9.17, 15) is 4.79 Å². The molecule has 1 heterocycles. The van der Waals surface area contributed by atoms with Crippen molar-refractivity contribution in [1.29, 1.82) is 0 Å². The first-order chi connectivity index (χ1) is 9.04. The second-order valence-corrected chi connectivity index (χ2v) is 5.32. The lowest BCUT2D eigenvalue weighted by Gasteiger charge is -2.32. The Kier molecular flexibility index (Phi) is 4.19. The number of nitrogens with two attached hydrogens (primary N) is 1. The number of amides is 1. The van der Waals surface area contributed by atoms with Crippen molar-refractivity contribution in [2.45, 2.75) is 51.7 Å². The molecule has 0 aliphatic heterocycles.